The van der Waals surface area contributed by atoms with Gasteiger partial charge in [0.15, 0.2) is 17.4 Å². The molecule has 0 aromatic rings. The van der Waals surface area contributed by atoms with E-state index in [4.69, 9.17) is 4.74 Å². The molecule has 0 aromatic heterocycles. The summed E-state index contributed by atoms with van der Waals surface area (Å²) in [5.74, 6) is 0.645. The molecule has 20 heavy (non-hydrogen) atoms. The summed E-state index contributed by atoms with van der Waals surface area (Å²) in [5.41, 5.74) is 0. The van der Waals surface area contributed by atoms with Gasteiger partial charge in [-0.3, -0.25) is 10.1 Å². The van der Waals surface area contributed by atoms with Gasteiger partial charge in [0.25, 0.3) is 5.91 Å². The van der Waals surface area contributed by atoms with E-state index in [0.29, 0.717) is 13.2 Å². The minimum atomic E-state index is -0.452. The van der Waals surface area contributed by atoms with Crippen molar-refractivity contribution in [1.82, 2.24) is 15.1 Å². The zero-order valence-electron chi connectivity index (χ0n) is 12.0. The molecule has 2 unspecified atom stereocenters. The Balaban J connectivity index is 2.21. The Morgan fingerprint density at radius 1 is 1.45 bits per heavy atom. The fraction of sp³-hybridized carbons (Fsp3) is 0.750. The molecule has 0 spiro atoms. The first-order valence-electron chi connectivity index (χ1n) is 6.64. The lowest BCUT2D eigenvalue weighted by Crippen LogP contribution is -2.63. The number of hydrogen-bond acceptors (Lipinski definition) is 6. The Kier molecular flexibility index (Phi) is 4.87. The number of nitrogens with one attached hydrogen (secondary N) is 1. The van der Waals surface area contributed by atoms with Crippen molar-refractivity contribution in [3.05, 3.63) is 0 Å². The fourth-order valence-corrected chi connectivity index (χ4v) is 3.18. The van der Waals surface area contributed by atoms with Crippen LogP contribution in [-0.2, 0) is 9.53 Å². The second-order valence-electron chi connectivity index (χ2n) is 4.71. The molecular weight excluding hydrogens is 280 g/mol. The molecule has 8 heteroatoms. The van der Waals surface area contributed by atoms with E-state index in [1.165, 1.54) is 4.90 Å². The number of carbonyl (C=O) groups is 2. The number of ether oxygens (including phenoxy) is 1. The molecule has 2 rings (SSSR count). The summed E-state index contributed by atoms with van der Waals surface area (Å²) in [4.78, 5) is 31.7. The van der Waals surface area contributed by atoms with Gasteiger partial charge in [0, 0.05) is 26.5 Å². The van der Waals surface area contributed by atoms with Crippen LogP contribution < -0.4 is 5.32 Å². The fourth-order valence-electron chi connectivity index (χ4n) is 2.24. The van der Waals surface area contributed by atoms with Gasteiger partial charge in [-0.25, -0.2) is 9.79 Å². The van der Waals surface area contributed by atoms with Gasteiger partial charge in [0.05, 0.1) is 6.61 Å². The van der Waals surface area contributed by atoms with Crippen molar-refractivity contribution in [2.24, 2.45) is 4.99 Å². The highest BCUT2D eigenvalue weighted by Gasteiger charge is 2.48. The number of thioether (sulfide) groups is 1. The summed E-state index contributed by atoms with van der Waals surface area (Å²) >= 11 is 1.62. The molecule has 1 saturated heterocycles. The number of amides is 3. The minimum absolute atomic E-state index is 0.287. The number of urea groups is 1. The van der Waals surface area contributed by atoms with Crippen LogP contribution in [0.5, 0.6) is 0 Å². The number of fused-ring (bicyclic) bond motifs is 1. The van der Waals surface area contributed by atoms with Crippen LogP contribution in [0.2, 0.25) is 0 Å². The Labute approximate surface area is 122 Å². The van der Waals surface area contributed by atoms with Crippen molar-refractivity contribution in [3.8, 4) is 0 Å². The highest BCUT2D eigenvalue weighted by atomic mass is 32.2. The van der Waals surface area contributed by atoms with Crippen LogP contribution in [0.4, 0.5) is 4.79 Å². The maximum Gasteiger partial charge on any atom is 0.325 e. The summed E-state index contributed by atoms with van der Waals surface area (Å²) in [5, 5.41) is 3.18. The van der Waals surface area contributed by atoms with E-state index in [-0.39, 0.29) is 5.91 Å². The standard InChI is InChI=1S/C12H20N4O3S/c1-4-7-20-12-13-9-8(16(12)5-6-19-3)10(17)14-11(18)15(9)2/h8-9H,4-7H2,1-3H3,(H,14,17,18). The number of amidine groups is 1. The van der Waals surface area contributed by atoms with Gasteiger partial charge >= 0.3 is 6.03 Å². The zero-order chi connectivity index (χ0) is 14.7. The van der Waals surface area contributed by atoms with Crippen LogP contribution in [0.15, 0.2) is 4.99 Å². The summed E-state index contributed by atoms with van der Waals surface area (Å²) < 4.78 is 5.10. The number of aliphatic imine (C=N–C) groups is 1. The first-order chi connectivity index (χ1) is 9.60. The van der Waals surface area contributed by atoms with E-state index in [1.54, 1.807) is 25.9 Å². The molecule has 0 saturated carbocycles. The lowest BCUT2D eigenvalue weighted by molar-refractivity contribution is -0.127. The Morgan fingerprint density at radius 2 is 2.20 bits per heavy atom. The monoisotopic (exact) mass is 300 g/mol. The van der Waals surface area contributed by atoms with E-state index in [0.717, 1.165) is 17.3 Å². The lowest BCUT2D eigenvalue weighted by Gasteiger charge is -2.36. The van der Waals surface area contributed by atoms with E-state index >= 15 is 0 Å². The van der Waals surface area contributed by atoms with Crippen LogP contribution in [0.25, 0.3) is 0 Å². The lowest BCUT2D eigenvalue weighted by atomic mass is 10.1. The van der Waals surface area contributed by atoms with Gasteiger partial charge in [-0.2, -0.15) is 0 Å². The SMILES string of the molecule is CCCSC1=NC2C(C(=O)NC(=O)N2C)N1CCOC. The smallest absolute Gasteiger partial charge is 0.325 e. The van der Waals surface area contributed by atoms with Crippen LogP contribution in [-0.4, -0.2) is 72.2 Å². The van der Waals surface area contributed by atoms with Crippen molar-refractivity contribution in [3.63, 3.8) is 0 Å². The molecule has 0 radical (unpaired) electrons. The first-order valence-corrected chi connectivity index (χ1v) is 7.62. The number of nitrogens with zero attached hydrogens (tertiary/aromatic N) is 3. The van der Waals surface area contributed by atoms with Crippen LogP contribution in [0, 0.1) is 0 Å². The molecule has 2 aliphatic rings. The van der Waals surface area contributed by atoms with Crippen LogP contribution in [0.1, 0.15) is 13.3 Å². The molecule has 0 bridgehead atoms. The second-order valence-corrected chi connectivity index (χ2v) is 5.77. The van der Waals surface area contributed by atoms with Gasteiger partial charge in [-0.15, -0.1) is 0 Å². The second kappa shape index (κ2) is 6.45. The quantitative estimate of drug-likeness (QED) is 0.792. The van der Waals surface area contributed by atoms with E-state index in [2.05, 4.69) is 17.2 Å². The molecule has 112 valence electrons. The van der Waals surface area contributed by atoms with Crippen LogP contribution >= 0.6 is 11.8 Å². The average Bonchev–Trinajstić information content (AvgIpc) is 2.79. The number of hydrogen-bond donors (Lipinski definition) is 1. The van der Waals surface area contributed by atoms with Crippen molar-refractivity contribution >= 4 is 28.9 Å². The number of methoxy groups -OCH3 is 1. The van der Waals surface area contributed by atoms with Gasteiger partial charge in [0.2, 0.25) is 0 Å². The van der Waals surface area contributed by atoms with Gasteiger partial charge < -0.3 is 14.5 Å². The van der Waals surface area contributed by atoms with Crippen LogP contribution in [0.3, 0.4) is 0 Å². The highest BCUT2D eigenvalue weighted by molar-refractivity contribution is 8.13. The van der Waals surface area contributed by atoms with Crippen molar-refractivity contribution in [2.75, 3.05) is 33.1 Å². The molecule has 3 amide bonds. The predicted octanol–water partition coefficient (Wildman–Crippen LogP) is 0.324. The molecule has 2 aliphatic heterocycles. The normalized spacial score (nSPS) is 25.6. The average molecular weight is 300 g/mol. The summed E-state index contributed by atoms with van der Waals surface area (Å²) in [7, 11) is 3.28. The maximum absolute atomic E-state index is 12.1. The van der Waals surface area contributed by atoms with E-state index in [9.17, 15) is 9.59 Å². The molecule has 1 fully saturated rings. The number of likely N-dealkylation sites (N-methyl/N-ethyl adjacent to an activating group) is 1. The summed E-state index contributed by atoms with van der Waals surface area (Å²) in [6.45, 7) is 3.19. The highest BCUT2D eigenvalue weighted by Crippen LogP contribution is 2.28. The molecule has 1 N–H and O–H groups in total. The minimum Gasteiger partial charge on any atom is -0.383 e. The Hall–Kier alpha value is -1.28. The first kappa shape index (κ1) is 15.1. The van der Waals surface area contributed by atoms with Gasteiger partial charge in [-0.05, 0) is 6.42 Å². The van der Waals surface area contributed by atoms with Crippen molar-refractivity contribution in [2.45, 2.75) is 25.6 Å². The predicted molar refractivity (Wildman–Crippen MR) is 77.6 cm³/mol. The summed E-state index contributed by atoms with van der Waals surface area (Å²) in [6, 6.07) is -0.847. The number of rotatable bonds is 5. The molecule has 0 aliphatic carbocycles. The van der Waals surface area contributed by atoms with Gasteiger partial charge in [-0.1, -0.05) is 18.7 Å². The van der Waals surface area contributed by atoms with Crippen molar-refractivity contribution < 1.29 is 14.3 Å². The molecule has 7 nitrogen and oxygen atoms in total. The van der Waals surface area contributed by atoms with Gasteiger partial charge in [0.1, 0.15) is 0 Å². The number of carbonyl (C=O) groups excluding carboxylic acids is 2. The molecule has 2 atom stereocenters. The van der Waals surface area contributed by atoms with Crippen molar-refractivity contribution in [1.29, 1.82) is 0 Å². The zero-order valence-corrected chi connectivity index (χ0v) is 12.8. The maximum atomic E-state index is 12.1. The van der Waals surface area contributed by atoms with E-state index in [1.807, 2.05) is 4.90 Å². The topological polar surface area (TPSA) is 74.2 Å². The van der Waals surface area contributed by atoms with E-state index < -0.39 is 18.2 Å². The third-order valence-corrected chi connectivity index (χ3v) is 4.50. The largest absolute Gasteiger partial charge is 0.383 e. The molecule has 0 aromatic carbocycles. The molecule has 2 heterocycles. The summed E-state index contributed by atoms with van der Waals surface area (Å²) in [6.07, 6.45) is 0.588. The third-order valence-electron chi connectivity index (χ3n) is 3.29. The third kappa shape index (κ3) is 2.76. The molecular formula is C12H20N4O3S. The Morgan fingerprint density at radius 3 is 2.85 bits per heavy atom. The Bertz CT molecular complexity index is 429. The number of imide groups is 1.